The normalized spacial score (nSPS) is 16.1. The molecule has 1 fully saturated rings. The molecule has 240 valence electrons. The Labute approximate surface area is 245 Å². The molecule has 0 radical (unpaired) electrons. The summed E-state index contributed by atoms with van der Waals surface area (Å²) in [7, 11) is 0. The Morgan fingerprint density at radius 2 is 1.51 bits per heavy atom. The number of rotatable bonds is 18. The van der Waals surface area contributed by atoms with Crippen LogP contribution in [0, 0.1) is 0 Å². The topological polar surface area (TPSA) is 345 Å². The van der Waals surface area contributed by atoms with Crippen LogP contribution in [0.1, 0.15) is 38.5 Å². The molecule has 14 N–H and O–H groups in total. The average molecular weight is 615 g/mol. The van der Waals surface area contributed by atoms with Gasteiger partial charge in [-0.25, -0.2) is 4.79 Å². The fourth-order valence-corrected chi connectivity index (χ4v) is 4.11. The van der Waals surface area contributed by atoms with E-state index < -0.39 is 97.5 Å². The van der Waals surface area contributed by atoms with Gasteiger partial charge in [-0.15, -0.1) is 0 Å². The number of amides is 6. The summed E-state index contributed by atoms with van der Waals surface area (Å²) >= 11 is 0. The van der Waals surface area contributed by atoms with E-state index in [0.29, 0.717) is 6.42 Å². The smallest absolute Gasteiger partial charge is 0.326 e. The lowest BCUT2D eigenvalue weighted by Crippen LogP contribution is -2.57. The molecule has 0 aliphatic carbocycles. The van der Waals surface area contributed by atoms with Crippen LogP contribution in [0.2, 0.25) is 0 Å². The van der Waals surface area contributed by atoms with Crippen LogP contribution in [-0.2, 0) is 38.4 Å². The average Bonchev–Trinajstić information content (AvgIpc) is 3.42. The molecule has 0 aromatic rings. The minimum atomic E-state index is -1.77. The number of aliphatic carboxylic acids is 2. The molecule has 20 heteroatoms. The maximum absolute atomic E-state index is 13.0. The zero-order valence-electron chi connectivity index (χ0n) is 23.2. The summed E-state index contributed by atoms with van der Waals surface area (Å²) in [5, 5.41) is 27.5. The predicted octanol–water partition coefficient (Wildman–Crippen LogP) is -6.01. The second-order valence-corrected chi connectivity index (χ2v) is 9.47. The predicted molar refractivity (Wildman–Crippen MR) is 146 cm³/mol. The Bertz CT molecular complexity index is 1110. The van der Waals surface area contributed by atoms with Gasteiger partial charge in [0, 0.05) is 13.1 Å². The monoisotopic (exact) mass is 614 g/mol. The summed E-state index contributed by atoms with van der Waals surface area (Å²) in [4.78, 5) is 102. The lowest BCUT2D eigenvalue weighted by atomic mass is 10.1. The summed E-state index contributed by atoms with van der Waals surface area (Å²) in [5.74, 6) is -8.56. The molecule has 0 saturated carbocycles. The number of nitrogens with zero attached hydrogens (tertiary/aromatic N) is 2. The van der Waals surface area contributed by atoms with E-state index in [1.807, 2.05) is 0 Å². The molecule has 6 amide bonds. The third kappa shape index (κ3) is 13.0. The highest BCUT2D eigenvalue weighted by atomic mass is 16.4. The van der Waals surface area contributed by atoms with Gasteiger partial charge in [-0.1, -0.05) is 0 Å². The van der Waals surface area contributed by atoms with Crippen LogP contribution in [0.4, 0.5) is 0 Å². The first-order valence-corrected chi connectivity index (χ1v) is 13.1. The van der Waals surface area contributed by atoms with Gasteiger partial charge in [0.1, 0.15) is 24.2 Å². The maximum atomic E-state index is 13.0. The van der Waals surface area contributed by atoms with Crippen LogP contribution in [0.3, 0.4) is 0 Å². The van der Waals surface area contributed by atoms with Gasteiger partial charge in [-0.3, -0.25) is 38.6 Å². The number of carboxylic acids is 2. The van der Waals surface area contributed by atoms with Crippen molar-refractivity contribution in [2.45, 2.75) is 62.7 Å². The van der Waals surface area contributed by atoms with E-state index in [9.17, 15) is 48.6 Å². The summed E-state index contributed by atoms with van der Waals surface area (Å²) in [6.45, 7) is -0.983. The summed E-state index contributed by atoms with van der Waals surface area (Å²) in [5.41, 5.74) is 20.9. The van der Waals surface area contributed by atoms with E-state index in [2.05, 4.69) is 26.3 Å². The molecule has 20 nitrogen and oxygen atoms in total. The van der Waals surface area contributed by atoms with Crippen molar-refractivity contribution in [1.29, 1.82) is 0 Å². The zero-order chi connectivity index (χ0) is 32.7. The fourth-order valence-electron chi connectivity index (χ4n) is 4.11. The van der Waals surface area contributed by atoms with E-state index in [4.69, 9.17) is 22.9 Å². The molecule has 1 aliphatic heterocycles. The number of guanidine groups is 1. The van der Waals surface area contributed by atoms with Gasteiger partial charge >= 0.3 is 11.9 Å². The molecule has 0 unspecified atom stereocenters. The Hall–Kier alpha value is -5.01. The van der Waals surface area contributed by atoms with Gasteiger partial charge in [0.25, 0.3) is 0 Å². The Balaban J connectivity index is 2.92. The molecule has 4 atom stereocenters. The molecule has 0 spiro atoms. The number of hydrogen-bond donors (Lipinski definition) is 10. The minimum absolute atomic E-state index is 0.0386. The number of hydrogen-bond acceptors (Lipinski definition) is 10. The standard InChI is InChI=1S/C23H38N10O10/c24-9-16(35)30-11(3-1-5-28-23(26)27)19(39)29-10-17(36)31-12(8-18(37)38)20(40)32-13(7-15(25)34)21(41)33-6-2-4-14(33)22(42)43/h11-14H,1-10,24H2,(H2,25,34)(H,29,39)(H,30,35)(H,31,36)(H,32,40)(H,37,38)(H,42,43)(H4,26,27,28)/t11-,12+,13-,14-/m0/s1. The second-order valence-electron chi connectivity index (χ2n) is 9.47. The first-order valence-electron chi connectivity index (χ1n) is 13.1. The van der Waals surface area contributed by atoms with Gasteiger partial charge in [0.2, 0.25) is 35.4 Å². The van der Waals surface area contributed by atoms with E-state index in [1.165, 1.54) is 0 Å². The van der Waals surface area contributed by atoms with Crippen molar-refractivity contribution < 1.29 is 48.6 Å². The molecule has 1 aliphatic rings. The number of carbonyl (C=O) groups is 8. The van der Waals surface area contributed by atoms with Gasteiger partial charge in [0.15, 0.2) is 5.96 Å². The molecule has 1 heterocycles. The van der Waals surface area contributed by atoms with Crippen molar-refractivity contribution in [2.75, 3.05) is 26.2 Å². The molecular weight excluding hydrogens is 576 g/mol. The van der Waals surface area contributed by atoms with Crippen molar-refractivity contribution >= 4 is 53.3 Å². The zero-order valence-corrected chi connectivity index (χ0v) is 23.2. The Morgan fingerprint density at radius 1 is 0.860 bits per heavy atom. The van der Waals surface area contributed by atoms with Crippen LogP contribution >= 0.6 is 0 Å². The highest BCUT2D eigenvalue weighted by molar-refractivity contribution is 5.97. The number of carbonyl (C=O) groups excluding carboxylic acids is 6. The molecular formula is C23H38N10O10. The van der Waals surface area contributed by atoms with E-state index in [-0.39, 0.29) is 38.3 Å². The van der Waals surface area contributed by atoms with Crippen LogP contribution in [0.15, 0.2) is 4.99 Å². The van der Waals surface area contributed by atoms with Gasteiger partial charge in [-0.2, -0.15) is 0 Å². The van der Waals surface area contributed by atoms with Crippen LogP contribution in [0.5, 0.6) is 0 Å². The van der Waals surface area contributed by atoms with Gasteiger partial charge in [0.05, 0.1) is 25.9 Å². The SMILES string of the molecule is NCC(=O)N[C@@H](CCCN=C(N)N)C(=O)NCC(=O)N[C@H](CC(=O)O)C(=O)N[C@@H](CC(N)=O)C(=O)N1CCC[C@H]1C(=O)O. The number of nitrogens with one attached hydrogen (secondary N) is 4. The van der Waals surface area contributed by atoms with Crippen molar-refractivity contribution in [3.63, 3.8) is 0 Å². The number of likely N-dealkylation sites (tertiary alicyclic amines) is 1. The first kappa shape index (κ1) is 36.0. The number of nitrogens with two attached hydrogens (primary N) is 4. The molecule has 0 aromatic carbocycles. The highest BCUT2D eigenvalue weighted by Crippen LogP contribution is 2.19. The molecule has 1 rings (SSSR count). The van der Waals surface area contributed by atoms with Crippen LogP contribution in [0.25, 0.3) is 0 Å². The van der Waals surface area contributed by atoms with Crippen LogP contribution in [-0.4, -0.2) is 119 Å². The lowest BCUT2D eigenvalue weighted by molar-refractivity contribution is -0.150. The summed E-state index contributed by atoms with van der Waals surface area (Å²) < 4.78 is 0. The molecule has 0 aromatic heterocycles. The molecule has 43 heavy (non-hydrogen) atoms. The molecule has 1 saturated heterocycles. The Kier molecular flexibility index (Phi) is 14.8. The van der Waals surface area contributed by atoms with Crippen molar-refractivity contribution in [3.05, 3.63) is 0 Å². The van der Waals surface area contributed by atoms with Gasteiger partial charge < -0.3 is 59.3 Å². The summed E-state index contributed by atoms with van der Waals surface area (Å²) in [6, 6.07) is -5.73. The largest absolute Gasteiger partial charge is 0.481 e. The van der Waals surface area contributed by atoms with Crippen molar-refractivity contribution in [1.82, 2.24) is 26.2 Å². The third-order valence-electron chi connectivity index (χ3n) is 6.08. The van der Waals surface area contributed by atoms with Crippen molar-refractivity contribution in [2.24, 2.45) is 27.9 Å². The summed E-state index contributed by atoms with van der Waals surface area (Å²) in [6.07, 6.45) is -0.843. The molecule has 0 bridgehead atoms. The lowest BCUT2D eigenvalue weighted by Gasteiger charge is -2.28. The van der Waals surface area contributed by atoms with Crippen LogP contribution < -0.4 is 44.2 Å². The fraction of sp³-hybridized carbons (Fsp3) is 0.609. The van der Waals surface area contributed by atoms with Gasteiger partial charge in [-0.05, 0) is 25.7 Å². The number of primary amides is 1. The van der Waals surface area contributed by atoms with E-state index in [1.54, 1.807) is 0 Å². The quantitative estimate of drug-likeness (QED) is 0.0391. The Morgan fingerprint density at radius 3 is 2.07 bits per heavy atom. The second kappa shape index (κ2) is 17.7. The first-order chi connectivity index (χ1) is 20.2. The third-order valence-corrected chi connectivity index (χ3v) is 6.08. The number of aliphatic imine (C=N–C) groups is 1. The highest BCUT2D eigenvalue weighted by Gasteiger charge is 2.39. The number of carboxylic acid groups (broad SMARTS) is 2. The van der Waals surface area contributed by atoms with Crippen molar-refractivity contribution in [3.8, 4) is 0 Å². The van der Waals surface area contributed by atoms with E-state index in [0.717, 1.165) is 4.90 Å². The minimum Gasteiger partial charge on any atom is -0.481 e. The maximum Gasteiger partial charge on any atom is 0.326 e. The van der Waals surface area contributed by atoms with E-state index >= 15 is 0 Å².